The van der Waals surface area contributed by atoms with E-state index in [4.69, 9.17) is 4.74 Å². The highest BCUT2D eigenvalue weighted by Crippen LogP contribution is 2.26. The standard InChI is InChI=1S/C18H26O3/c1-3-4-6-10-16(19)11-8-5-7-9-15-12-13-17(20)18(14-15)21-2/h8,11-14,20H,3-7,9-10H2,1-2H3. The molecule has 0 atom stereocenters. The number of aromatic hydroxyl groups is 1. The Labute approximate surface area is 127 Å². The minimum absolute atomic E-state index is 0.166. The zero-order chi connectivity index (χ0) is 15.5. The Bertz CT molecular complexity index is 464. The molecular weight excluding hydrogens is 264 g/mol. The van der Waals surface area contributed by atoms with Crippen LogP contribution in [-0.2, 0) is 11.2 Å². The van der Waals surface area contributed by atoms with Crippen molar-refractivity contribution in [2.45, 2.75) is 51.9 Å². The average molecular weight is 290 g/mol. The van der Waals surface area contributed by atoms with Crippen molar-refractivity contribution in [3.8, 4) is 11.5 Å². The molecule has 0 saturated carbocycles. The summed E-state index contributed by atoms with van der Waals surface area (Å²) >= 11 is 0. The summed E-state index contributed by atoms with van der Waals surface area (Å²) in [7, 11) is 1.55. The third-order valence-corrected chi connectivity index (χ3v) is 3.41. The van der Waals surface area contributed by atoms with Gasteiger partial charge in [-0.05, 0) is 49.5 Å². The van der Waals surface area contributed by atoms with E-state index in [1.54, 1.807) is 19.3 Å². The highest BCUT2D eigenvalue weighted by Gasteiger charge is 2.02. The van der Waals surface area contributed by atoms with Gasteiger partial charge in [0.05, 0.1) is 7.11 Å². The number of carbonyl (C=O) groups is 1. The number of ether oxygens (including phenoxy) is 1. The average Bonchev–Trinajstić information content (AvgIpc) is 2.48. The van der Waals surface area contributed by atoms with Crippen molar-refractivity contribution in [3.05, 3.63) is 35.9 Å². The molecule has 1 rings (SSSR count). The lowest BCUT2D eigenvalue weighted by Gasteiger charge is -2.05. The zero-order valence-electron chi connectivity index (χ0n) is 13.1. The first kappa shape index (κ1) is 17.3. The van der Waals surface area contributed by atoms with Gasteiger partial charge in [0.1, 0.15) is 0 Å². The van der Waals surface area contributed by atoms with E-state index in [0.717, 1.165) is 44.1 Å². The van der Waals surface area contributed by atoms with Gasteiger partial charge in [-0.15, -0.1) is 0 Å². The van der Waals surface area contributed by atoms with Crippen LogP contribution < -0.4 is 4.74 Å². The van der Waals surface area contributed by atoms with E-state index in [1.807, 2.05) is 18.2 Å². The Morgan fingerprint density at radius 3 is 2.81 bits per heavy atom. The number of methoxy groups -OCH3 is 1. The smallest absolute Gasteiger partial charge is 0.160 e. The van der Waals surface area contributed by atoms with Crippen LogP contribution in [0.4, 0.5) is 0 Å². The summed E-state index contributed by atoms with van der Waals surface area (Å²) in [5.74, 6) is 0.905. The predicted octanol–water partition coefficient (Wildman–Crippen LogP) is 4.43. The summed E-state index contributed by atoms with van der Waals surface area (Å²) in [4.78, 5) is 11.5. The quantitative estimate of drug-likeness (QED) is 0.512. The van der Waals surface area contributed by atoms with E-state index in [2.05, 4.69) is 6.92 Å². The summed E-state index contributed by atoms with van der Waals surface area (Å²) in [6.45, 7) is 2.14. The number of unbranched alkanes of at least 4 members (excludes halogenated alkanes) is 3. The molecule has 0 fully saturated rings. The number of ketones is 1. The van der Waals surface area contributed by atoms with Crippen LogP contribution >= 0.6 is 0 Å². The van der Waals surface area contributed by atoms with Crippen molar-refractivity contribution in [2.24, 2.45) is 0 Å². The summed E-state index contributed by atoms with van der Waals surface area (Å²) in [5, 5.41) is 9.52. The number of allylic oxidation sites excluding steroid dienone is 2. The maximum atomic E-state index is 11.5. The van der Waals surface area contributed by atoms with Gasteiger partial charge in [0.2, 0.25) is 0 Å². The van der Waals surface area contributed by atoms with Crippen molar-refractivity contribution in [3.63, 3.8) is 0 Å². The molecule has 0 amide bonds. The fourth-order valence-corrected chi connectivity index (χ4v) is 2.15. The lowest BCUT2D eigenvalue weighted by Crippen LogP contribution is -1.92. The summed E-state index contributed by atoms with van der Waals surface area (Å²) in [6, 6.07) is 5.41. The third-order valence-electron chi connectivity index (χ3n) is 3.41. The van der Waals surface area contributed by atoms with Crippen molar-refractivity contribution in [1.82, 2.24) is 0 Å². The molecule has 0 saturated heterocycles. The molecule has 3 heteroatoms. The van der Waals surface area contributed by atoms with Gasteiger partial charge < -0.3 is 9.84 Å². The van der Waals surface area contributed by atoms with Gasteiger partial charge in [0.15, 0.2) is 17.3 Å². The van der Waals surface area contributed by atoms with Gasteiger partial charge >= 0.3 is 0 Å². The van der Waals surface area contributed by atoms with E-state index < -0.39 is 0 Å². The van der Waals surface area contributed by atoms with Gasteiger partial charge in [0, 0.05) is 6.42 Å². The Hall–Kier alpha value is -1.77. The third kappa shape index (κ3) is 6.98. The van der Waals surface area contributed by atoms with Crippen molar-refractivity contribution < 1.29 is 14.6 Å². The maximum Gasteiger partial charge on any atom is 0.160 e. The van der Waals surface area contributed by atoms with Crippen molar-refractivity contribution >= 4 is 5.78 Å². The monoisotopic (exact) mass is 290 g/mol. The van der Waals surface area contributed by atoms with E-state index in [-0.39, 0.29) is 11.5 Å². The summed E-state index contributed by atoms with van der Waals surface area (Å²) in [5.41, 5.74) is 1.13. The molecule has 116 valence electrons. The molecule has 0 bridgehead atoms. The number of hydrogen-bond donors (Lipinski definition) is 1. The van der Waals surface area contributed by atoms with E-state index >= 15 is 0 Å². The number of benzene rings is 1. The normalized spacial score (nSPS) is 11.0. The zero-order valence-corrected chi connectivity index (χ0v) is 13.1. The van der Waals surface area contributed by atoms with Crippen LogP contribution in [0.5, 0.6) is 11.5 Å². The molecule has 0 radical (unpaired) electrons. The maximum absolute atomic E-state index is 11.5. The van der Waals surface area contributed by atoms with E-state index in [9.17, 15) is 9.90 Å². The van der Waals surface area contributed by atoms with Crippen molar-refractivity contribution in [2.75, 3.05) is 7.11 Å². The second kappa shape index (κ2) is 10.0. The molecular formula is C18H26O3. The van der Waals surface area contributed by atoms with Crippen LogP contribution in [0.25, 0.3) is 0 Å². The van der Waals surface area contributed by atoms with Gasteiger partial charge in [0.25, 0.3) is 0 Å². The molecule has 0 heterocycles. The first-order chi connectivity index (χ1) is 10.2. The topological polar surface area (TPSA) is 46.5 Å². The van der Waals surface area contributed by atoms with Crippen LogP contribution in [0.2, 0.25) is 0 Å². The lowest BCUT2D eigenvalue weighted by atomic mass is 10.1. The van der Waals surface area contributed by atoms with Gasteiger partial charge in [-0.1, -0.05) is 31.9 Å². The minimum Gasteiger partial charge on any atom is -0.504 e. The molecule has 0 spiro atoms. The fourth-order valence-electron chi connectivity index (χ4n) is 2.15. The van der Waals surface area contributed by atoms with Crippen LogP contribution in [-0.4, -0.2) is 18.0 Å². The largest absolute Gasteiger partial charge is 0.504 e. The van der Waals surface area contributed by atoms with Crippen LogP contribution in [0.1, 0.15) is 51.0 Å². The number of hydrogen-bond acceptors (Lipinski definition) is 3. The van der Waals surface area contributed by atoms with Crippen molar-refractivity contribution in [1.29, 1.82) is 0 Å². The summed E-state index contributed by atoms with van der Waals surface area (Å²) < 4.78 is 5.08. The second-order valence-electron chi connectivity index (χ2n) is 5.22. The molecule has 0 aliphatic heterocycles. The first-order valence-corrected chi connectivity index (χ1v) is 7.72. The lowest BCUT2D eigenvalue weighted by molar-refractivity contribution is -0.114. The van der Waals surface area contributed by atoms with Crippen LogP contribution in [0.3, 0.4) is 0 Å². The number of carbonyl (C=O) groups excluding carboxylic acids is 1. The van der Waals surface area contributed by atoms with Crippen LogP contribution in [0, 0.1) is 0 Å². The molecule has 0 unspecified atom stereocenters. The van der Waals surface area contributed by atoms with Crippen LogP contribution in [0.15, 0.2) is 30.4 Å². The molecule has 1 N–H and O–H groups in total. The number of phenolic OH excluding ortho intramolecular Hbond substituents is 1. The minimum atomic E-state index is 0.166. The van der Waals surface area contributed by atoms with Gasteiger partial charge in [-0.2, -0.15) is 0 Å². The molecule has 1 aromatic carbocycles. The first-order valence-electron chi connectivity index (χ1n) is 7.72. The van der Waals surface area contributed by atoms with E-state index in [0.29, 0.717) is 12.2 Å². The Morgan fingerprint density at radius 1 is 1.29 bits per heavy atom. The van der Waals surface area contributed by atoms with E-state index in [1.165, 1.54) is 0 Å². The Morgan fingerprint density at radius 2 is 2.10 bits per heavy atom. The highest BCUT2D eigenvalue weighted by molar-refractivity contribution is 5.89. The highest BCUT2D eigenvalue weighted by atomic mass is 16.5. The fraction of sp³-hybridized carbons (Fsp3) is 0.500. The SMILES string of the molecule is CCCCCC(=O)C=CCCCc1ccc(O)c(OC)c1. The number of rotatable bonds is 10. The van der Waals surface area contributed by atoms with Gasteiger partial charge in [-0.25, -0.2) is 0 Å². The van der Waals surface area contributed by atoms with Gasteiger partial charge in [-0.3, -0.25) is 4.79 Å². The molecule has 0 aliphatic carbocycles. The Kier molecular flexibility index (Phi) is 8.25. The number of aryl methyl sites for hydroxylation is 1. The molecule has 0 aliphatic rings. The molecule has 0 aromatic heterocycles. The second-order valence-corrected chi connectivity index (χ2v) is 5.22. The molecule has 3 nitrogen and oxygen atoms in total. The number of phenols is 1. The Balaban J connectivity index is 2.26. The molecule has 21 heavy (non-hydrogen) atoms. The predicted molar refractivity (Wildman–Crippen MR) is 85.9 cm³/mol. The summed E-state index contributed by atoms with van der Waals surface area (Å²) in [6.07, 6.45) is 10.4. The molecule has 1 aromatic rings.